The lowest BCUT2D eigenvalue weighted by molar-refractivity contribution is 0.217. The first-order valence-corrected chi connectivity index (χ1v) is 7.30. The van der Waals surface area contributed by atoms with E-state index < -0.39 is 0 Å². The van der Waals surface area contributed by atoms with Gasteiger partial charge in [-0.05, 0) is 37.3 Å². The molecule has 1 aromatic rings. The fourth-order valence-corrected chi connectivity index (χ4v) is 3.17. The molecule has 1 saturated carbocycles. The van der Waals surface area contributed by atoms with E-state index in [1.807, 2.05) is 12.1 Å². The van der Waals surface area contributed by atoms with Crippen LogP contribution in [0.15, 0.2) is 23.2 Å². The van der Waals surface area contributed by atoms with Crippen molar-refractivity contribution in [1.29, 1.82) is 0 Å². The van der Waals surface area contributed by atoms with E-state index in [1.54, 1.807) is 6.07 Å². The standard InChI is InChI=1S/C14H17Cl2N3/c1-14(10-3-2-4-11(15)12(10)16)8-18-13(17)19(14)7-9-5-6-9/h2-4,9H,5-8H2,1H3,(H2,17,18). The Kier molecular flexibility index (Phi) is 3.14. The summed E-state index contributed by atoms with van der Waals surface area (Å²) in [6.07, 6.45) is 2.56. The van der Waals surface area contributed by atoms with Gasteiger partial charge in [0.15, 0.2) is 5.96 Å². The molecule has 2 N–H and O–H groups in total. The van der Waals surface area contributed by atoms with E-state index in [9.17, 15) is 0 Å². The smallest absolute Gasteiger partial charge is 0.192 e. The Morgan fingerprint density at radius 2 is 2.16 bits per heavy atom. The molecule has 5 heteroatoms. The number of benzene rings is 1. The Labute approximate surface area is 123 Å². The number of hydrogen-bond donors (Lipinski definition) is 1. The maximum absolute atomic E-state index is 6.38. The molecule has 1 unspecified atom stereocenters. The average molecular weight is 298 g/mol. The van der Waals surface area contributed by atoms with Crippen molar-refractivity contribution in [2.45, 2.75) is 25.3 Å². The van der Waals surface area contributed by atoms with Gasteiger partial charge < -0.3 is 10.6 Å². The lowest BCUT2D eigenvalue weighted by Crippen LogP contribution is -2.48. The Hall–Kier alpha value is -0.930. The van der Waals surface area contributed by atoms with E-state index in [1.165, 1.54) is 12.8 Å². The minimum Gasteiger partial charge on any atom is -0.370 e. The normalized spacial score (nSPS) is 26.7. The number of halogens is 2. The van der Waals surface area contributed by atoms with Crippen LogP contribution in [0.2, 0.25) is 10.0 Å². The molecular formula is C14H17Cl2N3. The van der Waals surface area contributed by atoms with Gasteiger partial charge in [0.25, 0.3) is 0 Å². The Morgan fingerprint density at radius 3 is 2.84 bits per heavy atom. The van der Waals surface area contributed by atoms with Gasteiger partial charge in [-0.2, -0.15) is 0 Å². The fourth-order valence-electron chi connectivity index (χ4n) is 2.66. The fraction of sp³-hybridized carbons (Fsp3) is 0.500. The summed E-state index contributed by atoms with van der Waals surface area (Å²) in [6, 6.07) is 5.75. The summed E-state index contributed by atoms with van der Waals surface area (Å²) >= 11 is 12.5. The van der Waals surface area contributed by atoms with Crippen LogP contribution in [0.4, 0.5) is 0 Å². The topological polar surface area (TPSA) is 41.6 Å². The summed E-state index contributed by atoms with van der Waals surface area (Å²) in [7, 11) is 0. The summed E-state index contributed by atoms with van der Waals surface area (Å²) in [4.78, 5) is 6.60. The number of aliphatic imine (C=N–C) groups is 1. The van der Waals surface area contributed by atoms with Crippen molar-refractivity contribution < 1.29 is 0 Å². The molecule has 0 amide bonds. The molecule has 1 aromatic carbocycles. The molecule has 0 radical (unpaired) electrons. The third-order valence-electron chi connectivity index (χ3n) is 4.09. The summed E-state index contributed by atoms with van der Waals surface area (Å²) in [5.74, 6) is 1.36. The van der Waals surface area contributed by atoms with Gasteiger partial charge in [-0.15, -0.1) is 0 Å². The zero-order valence-corrected chi connectivity index (χ0v) is 12.4. The SMILES string of the molecule is CC1(c2cccc(Cl)c2Cl)CN=C(N)N1CC1CC1. The first-order valence-electron chi connectivity index (χ1n) is 6.54. The minimum absolute atomic E-state index is 0.283. The Balaban J connectivity index is 1.98. The molecule has 0 bridgehead atoms. The number of rotatable bonds is 3. The number of hydrogen-bond acceptors (Lipinski definition) is 3. The van der Waals surface area contributed by atoms with Gasteiger partial charge in [-0.3, -0.25) is 4.99 Å². The second kappa shape index (κ2) is 4.57. The first-order chi connectivity index (χ1) is 9.02. The molecule has 3 rings (SSSR count). The largest absolute Gasteiger partial charge is 0.370 e. The van der Waals surface area contributed by atoms with E-state index in [4.69, 9.17) is 28.9 Å². The Bertz CT molecular complexity index is 539. The van der Waals surface area contributed by atoms with Crippen molar-refractivity contribution in [1.82, 2.24) is 4.90 Å². The predicted octanol–water partition coefficient (Wildman–Crippen LogP) is 3.25. The molecule has 1 aliphatic heterocycles. The minimum atomic E-state index is -0.283. The highest BCUT2D eigenvalue weighted by molar-refractivity contribution is 6.42. The number of nitrogens with zero attached hydrogens (tertiary/aromatic N) is 2. The van der Waals surface area contributed by atoms with Crippen LogP contribution in [0.1, 0.15) is 25.3 Å². The highest BCUT2D eigenvalue weighted by Gasteiger charge is 2.43. The zero-order chi connectivity index (χ0) is 13.6. The van der Waals surface area contributed by atoms with Crippen LogP contribution >= 0.6 is 23.2 Å². The van der Waals surface area contributed by atoms with Crippen molar-refractivity contribution in [3.63, 3.8) is 0 Å². The second-order valence-electron chi connectivity index (χ2n) is 5.60. The zero-order valence-electron chi connectivity index (χ0n) is 10.9. The van der Waals surface area contributed by atoms with Gasteiger partial charge in [0.1, 0.15) is 0 Å². The van der Waals surface area contributed by atoms with Gasteiger partial charge in [-0.25, -0.2) is 0 Å². The molecular weight excluding hydrogens is 281 g/mol. The third-order valence-corrected chi connectivity index (χ3v) is 4.91. The first kappa shape index (κ1) is 13.1. The van der Waals surface area contributed by atoms with Crippen molar-refractivity contribution >= 4 is 29.2 Å². The van der Waals surface area contributed by atoms with E-state index in [0.29, 0.717) is 22.5 Å². The van der Waals surface area contributed by atoms with Crippen molar-refractivity contribution in [2.75, 3.05) is 13.1 Å². The van der Waals surface area contributed by atoms with Crippen LogP contribution in [-0.4, -0.2) is 23.9 Å². The molecule has 19 heavy (non-hydrogen) atoms. The molecule has 3 nitrogen and oxygen atoms in total. The van der Waals surface area contributed by atoms with Gasteiger partial charge in [0, 0.05) is 6.54 Å². The number of nitrogens with two attached hydrogens (primary N) is 1. The molecule has 0 spiro atoms. The third kappa shape index (κ3) is 2.19. The van der Waals surface area contributed by atoms with Crippen molar-refractivity contribution in [3.05, 3.63) is 33.8 Å². The Morgan fingerprint density at radius 1 is 1.42 bits per heavy atom. The molecule has 1 atom stereocenters. The average Bonchev–Trinajstić information content (AvgIpc) is 3.15. The van der Waals surface area contributed by atoms with Crippen LogP contribution in [0.25, 0.3) is 0 Å². The van der Waals surface area contributed by atoms with E-state index in [0.717, 1.165) is 18.0 Å². The van der Waals surface area contributed by atoms with Crippen LogP contribution in [0.3, 0.4) is 0 Å². The molecule has 1 aliphatic carbocycles. The molecule has 0 saturated heterocycles. The quantitative estimate of drug-likeness (QED) is 0.930. The highest BCUT2D eigenvalue weighted by atomic mass is 35.5. The summed E-state index contributed by atoms with van der Waals surface area (Å²) in [5.41, 5.74) is 6.78. The van der Waals surface area contributed by atoms with E-state index in [-0.39, 0.29) is 5.54 Å². The van der Waals surface area contributed by atoms with Gasteiger partial charge >= 0.3 is 0 Å². The van der Waals surface area contributed by atoms with E-state index in [2.05, 4.69) is 16.8 Å². The molecule has 2 aliphatic rings. The van der Waals surface area contributed by atoms with Gasteiger partial charge in [0.2, 0.25) is 0 Å². The lowest BCUT2D eigenvalue weighted by atomic mass is 9.90. The van der Waals surface area contributed by atoms with Gasteiger partial charge in [0.05, 0.1) is 22.1 Å². The number of guanidine groups is 1. The highest BCUT2D eigenvalue weighted by Crippen LogP contribution is 2.41. The van der Waals surface area contributed by atoms with Crippen LogP contribution in [-0.2, 0) is 5.54 Å². The maximum atomic E-state index is 6.38. The molecule has 102 valence electrons. The summed E-state index contributed by atoms with van der Waals surface area (Å²) < 4.78 is 0. The van der Waals surface area contributed by atoms with E-state index >= 15 is 0 Å². The van der Waals surface area contributed by atoms with Crippen LogP contribution < -0.4 is 5.73 Å². The monoisotopic (exact) mass is 297 g/mol. The molecule has 1 fully saturated rings. The maximum Gasteiger partial charge on any atom is 0.192 e. The lowest BCUT2D eigenvalue weighted by Gasteiger charge is -2.37. The van der Waals surface area contributed by atoms with Crippen molar-refractivity contribution in [2.24, 2.45) is 16.6 Å². The second-order valence-corrected chi connectivity index (χ2v) is 6.39. The van der Waals surface area contributed by atoms with Crippen molar-refractivity contribution in [3.8, 4) is 0 Å². The summed E-state index contributed by atoms with van der Waals surface area (Å²) in [6.45, 7) is 3.72. The molecule has 1 heterocycles. The summed E-state index contributed by atoms with van der Waals surface area (Å²) in [5, 5.41) is 1.19. The predicted molar refractivity (Wildman–Crippen MR) is 79.7 cm³/mol. The van der Waals surface area contributed by atoms with Gasteiger partial charge in [-0.1, -0.05) is 35.3 Å². The molecule has 0 aromatic heterocycles. The van der Waals surface area contributed by atoms with Crippen LogP contribution in [0.5, 0.6) is 0 Å². The van der Waals surface area contributed by atoms with Crippen LogP contribution in [0, 0.1) is 5.92 Å².